The number of hydrogen-bond acceptors (Lipinski definition) is 4. The molecular weight excluding hydrogens is 457 g/mol. The molecule has 3 rings (SSSR count). The molecule has 0 spiro atoms. The molecule has 1 amide bonds. The molecule has 0 aliphatic carbocycles. The van der Waals surface area contributed by atoms with Gasteiger partial charge in [0.1, 0.15) is 0 Å². The van der Waals surface area contributed by atoms with Gasteiger partial charge in [-0.15, -0.1) is 0 Å². The smallest absolute Gasteiger partial charge is 0.253 e. The van der Waals surface area contributed by atoms with Crippen LogP contribution < -0.4 is 10.2 Å². The fraction of sp³-hybridized carbons (Fsp3) is 0.409. The zero-order valence-corrected chi connectivity index (χ0v) is 20.0. The van der Waals surface area contributed by atoms with Crippen molar-refractivity contribution in [3.8, 4) is 0 Å². The summed E-state index contributed by atoms with van der Waals surface area (Å²) >= 11 is 12.1. The first-order valence-corrected chi connectivity index (χ1v) is 12.4. The maximum atomic E-state index is 13.1. The van der Waals surface area contributed by atoms with E-state index in [9.17, 15) is 13.2 Å². The van der Waals surface area contributed by atoms with Crippen molar-refractivity contribution in [1.82, 2.24) is 9.62 Å². The van der Waals surface area contributed by atoms with E-state index in [4.69, 9.17) is 23.2 Å². The highest BCUT2D eigenvalue weighted by Gasteiger charge is 2.24. The topological polar surface area (TPSA) is 69.7 Å². The van der Waals surface area contributed by atoms with Crippen LogP contribution in [-0.2, 0) is 16.4 Å². The number of piperidine rings is 1. The number of carbonyl (C=O) groups is 1. The first kappa shape index (κ1) is 23.9. The number of halogens is 2. The number of rotatable bonds is 7. The van der Waals surface area contributed by atoms with Crippen LogP contribution in [0.5, 0.6) is 0 Å². The standard InChI is InChI=1S/C22H27Cl2N3O3S/c1-26(2)31(29,30)19-6-7-21(27-10-4-3-5-11-27)20(15-19)22(28)25-9-8-16-12-17(23)14-18(24)13-16/h6-7,12-15H,3-5,8-11H2,1-2H3,(H,25,28). The van der Waals surface area contributed by atoms with E-state index in [0.717, 1.165) is 47.9 Å². The van der Waals surface area contributed by atoms with E-state index < -0.39 is 10.0 Å². The van der Waals surface area contributed by atoms with Crippen LogP contribution in [0.15, 0.2) is 41.3 Å². The molecule has 1 N–H and O–H groups in total. The fourth-order valence-corrected chi connectivity index (χ4v) is 5.15. The molecule has 0 atom stereocenters. The maximum absolute atomic E-state index is 13.1. The summed E-state index contributed by atoms with van der Waals surface area (Å²) in [5.41, 5.74) is 2.05. The largest absolute Gasteiger partial charge is 0.371 e. The average Bonchev–Trinajstić information content (AvgIpc) is 2.73. The van der Waals surface area contributed by atoms with Gasteiger partial charge in [0.15, 0.2) is 0 Å². The van der Waals surface area contributed by atoms with Crippen molar-refractivity contribution < 1.29 is 13.2 Å². The molecular formula is C22H27Cl2N3O3S. The Morgan fingerprint density at radius 2 is 1.68 bits per heavy atom. The van der Waals surface area contributed by atoms with Crippen molar-refractivity contribution in [3.63, 3.8) is 0 Å². The molecule has 2 aromatic carbocycles. The summed E-state index contributed by atoms with van der Waals surface area (Å²) in [4.78, 5) is 15.3. The number of anilines is 1. The van der Waals surface area contributed by atoms with Crippen LogP contribution in [0.1, 0.15) is 35.2 Å². The van der Waals surface area contributed by atoms with Gasteiger partial charge in [-0.2, -0.15) is 0 Å². The number of carbonyl (C=O) groups excluding carboxylic acids is 1. The summed E-state index contributed by atoms with van der Waals surface area (Å²) in [6, 6.07) is 10.1. The second-order valence-electron chi connectivity index (χ2n) is 7.80. The predicted molar refractivity (Wildman–Crippen MR) is 126 cm³/mol. The molecule has 1 heterocycles. The zero-order chi connectivity index (χ0) is 22.6. The molecule has 0 bridgehead atoms. The number of nitrogens with one attached hydrogen (secondary N) is 1. The van der Waals surface area contributed by atoms with Crippen molar-refractivity contribution in [1.29, 1.82) is 0 Å². The Morgan fingerprint density at radius 3 is 2.29 bits per heavy atom. The van der Waals surface area contributed by atoms with Gasteiger partial charge in [-0.3, -0.25) is 4.79 Å². The van der Waals surface area contributed by atoms with Gasteiger partial charge in [0.05, 0.1) is 10.5 Å². The molecule has 6 nitrogen and oxygen atoms in total. The first-order chi connectivity index (χ1) is 14.7. The molecule has 0 unspecified atom stereocenters. The lowest BCUT2D eigenvalue weighted by Gasteiger charge is -2.30. The van der Waals surface area contributed by atoms with Crippen LogP contribution in [0.25, 0.3) is 0 Å². The summed E-state index contributed by atoms with van der Waals surface area (Å²) in [5, 5.41) is 4.00. The Balaban J connectivity index is 1.83. The molecule has 1 aliphatic heterocycles. The molecule has 31 heavy (non-hydrogen) atoms. The van der Waals surface area contributed by atoms with E-state index in [1.54, 1.807) is 18.2 Å². The minimum atomic E-state index is -3.65. The van der Waals surface area contributed by atoms with Gasteiger partial charge in [-0.05, 0) is 67.6 Å². The second-order valence-corrected chi connectivity index (χ2v) is 10.8. The summed E-state index contributed by atoms with van der Waals surface area (Å²) in [6.45, 7) is 2.07. The third kappa shape index (κ3) is 5.92. The molecule has 0 radical (unpaired) electrons. The number of benzene rings is 2. The normalized spacial score (nSPS) is 14.7. The molecule has 9 heteroatoms. The van der Waals surface area contributed by atoms with E-state index in [1.807, 2.05) is 12.1 Å². The Bertz CT molecular complexity index is 1030. The van der Waals surface area contributed by atoms with Crippen molar-refractivity contribution in [2.45, 2.75) is 30.6 Å². The number of hydrogen-bond donors (Lipinski definition) is 1. The summed E-state index contributed by atoms with van der Waals surface area (Å²) in [5.74, 6) is -0.301. The van der Waals surface area contributed by atoms with E-state index in [1.165, 1.54) is 20.2 Å². The lowest BCUT2D eigenvalue weighted by molar-refractivity contribution is 0.0954. The summed E-state index contributed by atoms with van der Waals surface area (Å²) in [7, 11) is -0.696. The van der Waals surface area contributed by atoms with Gasteiger partial charge < -0.3 is 10.2 Å². The van der Waals surface area contributed by atoms with Gasteiger partial charge in [0, 0.05) is 49.5 Å². The molecule has 1 aliphatic rings. The number of amides is 1. The fourth-order valence-electron chi connectivity index (χ4n) is 3.65. The minimum Gasteiger partial charge on any atom is -0.371 e. The maximum Gasteiger partial charge on any atom is 0.253 e. The van der Waals surface area contributed by atoms with Gasteiger partial charge in [0.2, 0.25) is 10.0 Å². The SMILES string of the molecule is CN(C)S(=O)(=O)c1ccc(N2CCCCC2)c(C(=O)NCCc2cc(Cl)cc(Cl)c2)c1. The van der Waals surface area contributed by atoms with Crippen molar-refractivity contribution in [2.24, 2.45) is 0 Å². The summed E-state index contributed by atoms with van der Waals surface area (Å²) < 4.78 is 26.4. The Kier molecular flexibility index (Phi) is 7.86. The van der Waals surface area contributed by atoms with Crippen molar-refractivity contribution in [2.75, 3.05) is 38.6 Å². The number of nitrogens with zero attached hydrogens (tertiary/aromatic N) is 2. The lowest BCUT2D eigenvalue weighted by atomic mass is 10.1. The average molecular weight is 484 g/mol. The van der Waals surface area contributed by atoms with E-state index in [-0.39, 0.29) is 10.8 Å². The van der Waals surface area contributed by atoms with Gasteiger partial charge in [-0.1, -0.05) is 23.2 Å². The molecule has 168 valence electrons. The van der Waals surface area contributed by atoms with Gasteiger partial charge in [0.25, 0.3) is 5.91 Å². The Hall–Kier alpha value is -1.80. The van der Waals surface area contributed by atoms with Crippen LogP contribution in [0.2, 0.25) is 10.0 Å². The monoisotopic (exact) mass is 483 g/mol. The minimum absolute atomic E-state index is 0.102. The van der Waals surface area contributed by atoms with E-state index in [0.29, 0.717) is 28.6 Å². The Labute approximate surface area is 194 Å². The van der Waals surface area contributed by atoms with Crippen LogP contribution >= 0.6 is 23.2 Å². The first-order valence-electron chi connectivity index (χ1n) is 10.2. The molecule has 0 aromatic heterocycles. The second kappa shape index (κ2) is 10.2. The van der Waals surface area contributed by atoms with E-state index in [2.05, 4.69) is 10.2 Å². The highest BCUT2D eigenvalue weighted by Crippen LogP contribution is 2.28. The van der Waals surface area contributed by atoms with Gasteiger partial charge in [-0.25, -0.2) is 12.7 Å². The highest BCUT2D eigenvalue weighted by atomic mass is 35.5. The van der Waals surface area contributed by atoms with Crippen LogP contribution in [0.4, 0.5) is 5.69 Å². The third-order valence-corrected chi connectivity index (χ3v) is 7.56. The lowest BCUT2D eigenvalue weighted by Crippen LogP contribution is -2.33. The number of sulfonamides is 1. The van der Waals surface area contributed by atoms with Gasteiger partial charge >= 0.3 is 0 Å². The highest BCUT2D eigenvalue weighted by molar-refractivity contribution is 7.89. The molecule has 1 fully saturated rings. The van der Waals surface area contributed by atoms with Crippen LogP contribution in [0.3, 0.4) is 0 Å². The summed E-state index contributed by atoms with van der Waals surface area (Å²) in [6.07, 6.45) is 3.82. The molecule has 2 aromatic rings. The zero-order valence-electron chi connectivity index (χ0n) is 17.7. The quantitative estimate of drug-likeness (QED) is 0.640. The Morgan fingerprint density at radius 1 is 1.03 bits per heavy atom. The van der Waals surface area contributed by atoms with Crippen LogP contribution in [-0.4, -0.2) is 52.4 Å². The molecule has 0 saturated carbocycles. The van der Waals surface area contributed by atoms with Crippen molar-refractivity contribution in [3.05, 3.63) is 57.6 Å². The predicted octanol–water partition coefficient (Wildman–Crippen LogP) is 4.21. The van der Waals surface area contributed by atoms with Crippen molar-refractivity contribution >= 4 is 44.8 Å². The van der Waals surface area contributed by atoms with E-state index >= 15 is 0 Å². The molecule has 1 saturated heterocycles. The third-order valence-electron chi connectivity index (χ3n) is 5.31. The van der Waals surface area contributed by atoms with Crippen LogP contribution in [0, 0.1) is 0 Å².